The number of ether oxygens (including phenoxy) is 2. The summed E-state index contributed by atoms with van der Waals surface area (Å²) in [5.74, 6) is 1.27. The van der Waals surface area contributed by atoms with Gasteiger partial charge in [0.15, 0.2) is 11.0 Å². The third-order valence-corrected chi connectivity index (χ3v) is 4.85. The lowest BCUT2D eigenvalue weighted by atomic mass is 10.2. The third-order valence-electron chi connectivity index (χ3n) is 3.69. The maximum Gasteiger partial charge on any atom is 0.316 e. The van der Waals surface area contributed by atoms with Crippen molar-refractivity contribution in [1.82, 2.24) is 14.8 Å². The number of rotatable bonds is 7. The van der Waals surface area contributed by atoms with Crippen LogP contribution in [0.25, 0.3) is 17.1 Å². The number of carbonyl (C=O) groups excluding carboxylic acids is 1. The minimum atomic E-state index is -0.292. The Morgan fingerprint density at radius 2 is 1.81 bits per heavy atom. The lowest BCUT2D eigenvalue weighted by molar-refractivity contribution is -0.139. The lowest BCUT2D eigenvalue weighted by Gasteiger charge is -2.11. The molecule has 0 saturated heterocycles. The quantitative estimate of drug-likeness (QED) is 0.434. The molecule has 0 aliphatic carbocycles. The summed E-state index contributed by atoms with van der Waals surface area (Å²) < 4.78 is 12.1. The van der Waals surface area contributed by atoms with Crippen molar-refractivity contribution in [2.24, 2.45) is 0 Å². The molecule has 0 bridgehead atoms. The SMILES string of the molecule is CCOC(=O)CSc1nnc(-c2ccc(Cl)cc2)n1-c1ccc(OC)cc1. The van der Waals surface area contributed by atoms with Crippen LogP contribution < -0.4 is 4.74 Å². The summed E-state index contributed by atoms with van der Waals surface area (Å²) in [7, 11) is 1.62. The third kappa shape index (κ3) is 4.61. The van der Waals surface area contributed by atoms with E-state index in [1.807, 2.05) is 41.0 Å². The van der Waals surface area contributed by atoms with Gasteiger partial charge in [-0.25, -0.2) is 0 Å². The number of carbonyl (C=O) groups is 1. The van der Waals surface area contributed by atoms with Crippen molar-refractivity contribution in [3.05, 3.63) is 53.6 Å². The topological polar surface area (TPSA) is 66.2 Å². The predicted molar refractivity (Wildman–Crippen MR) is 106 cm³/mol. The van der Waals surface area contributed by atoms with Crippen LogP contribution in [0.4, 0.5) is 0 Å². The molecule has 140 valence electrons. The van der Waals surface area contributed by atoms with Gasteiger partial charge < -0.3 is 9.47 Å². The zero-order valence-electron chi connectivity index (χ0n) is 14.9. The van der Waals surface area contributed by atoms with Crippen LogP contribution in [-0.2, 0) is 9.53 Å². The molecule has 0 radical (unpaired) electrons. The smallest absolute Gasteiger partial charge is 0.316 e. The lowest BCUT2D eigenvalue weighted by Crippen LogP contribution is -2.08. The molecular formula is C19H18ClN3O3S. The van der Waals surface area contributed by atoms with E-state index in [1.165, 1.54) is 11.8 Å². The number of hydrogen-bond donors (Lipinski definition) is 0. The minimum Gasteiger partial charge on any atom is -0.497 e. The molecule has 0 spiro atoms. The maximum atomic E-state index is 11.7. The van der Waals surface area contributed by atoms with Crippen LogP contribution in [0.2, 0.25) is 5.02 Å². The average molecular weight is 404 g/mol. The van der Waals surface area contributed by atoms with Gasteiger partial charge in [-0.2, -0.15) is 0 Å². The van der Waals surface area contributed by atoms with Crippen LogP contribution in [0.1, 0.15) is 6.92 Å². The summed E-state index contributed by atoms with van der Waals surface area (Å²) in [4.78, 5) is 11.7. The highest BCUT2D eigenvalue weighted by Gasteiger charge is 2.17. The van der Waals surface area contributed by atoms with Gasteiger partial charge in [0.2, 0.25) is 0 Å². The largest absolute Gasteiger partial charge is 0.497 e. The fourth-order valence-electron chi connectivity index (χ4n) is 2.44. The van der Waals surface area contributed by atoms with Crippen LogP contribution in [0.15, 0.2) is 53.7 Å². The first-order valence-electron chi connectivity index (χ1n) is 8.26. The Morgan fingerprint density at radius 1 is 1.11 bits per heavy atom. The van der Waals surface area contributed by atoms with E-state index in [2.05, 4.69) is 10.2 Å². The van der Waals surface area contributed by atoms with Gasteiger partial charge in [-0.1, -0.05) is 23.4 Å². The Morgan fingerprint density at radius 3 is 2.44 bits per heavy atom. The van der Waals surface area contributed by atoms with Crippen molar-refractivity contribution in [3.8, 4) is 22.8 Å². The fraction of sp³-hybridized carbons (Fsp3) is 0.211. The van der Waals surface area contributed by atoms with E-state index in [0.29, 0.717) is 22.6 Å². The number of thioether (sulfide) groups is 1. The summed E-state index contributed by atoms with van der Waals surface area (Å²) in [5, 5.41) is 9.83. The Balaban J connectivity index is 2.00. The van der Waals surface area contributed by atoms with E-state index in [-0.39, 0.29) is 11.7 Å². The van der Waals surface area contributed by atoms with E-state index in [4.69, 9.17) is 21.1 Å². The number of nitrogens with zero attached hydrogens (tertiary/aromatic N) is 3. The van der Waals surface area contributed by atoms with Gasteiger partial charge in [-0.3, -0.25) is 9.36 Å². The standard InChI is InChI=1S/C19H18ClN3O3S/c1-3-26-17(24)12-27-19-22-21-18(13-4-6-14(20)7-5-13)23(19)15-8-10-16(25-2)11-9-15/h4-11H,3,12H2,1-2H3. The number of methoxy groups -OCH3 is 1. The molecule has 3 aromatic rings. The van der Waals surface area contributed by atoms with Crippen molar-refractivity contribution < 1.29 is 14.3 Å². The number of benzene rings is 2. The summed E-state index contributed by atoms with van der Waals surface area (Å²) in [6.07, 6.45) is 0. The van der Waals surface area contributed by atoms with Crippen molar-refractivity contribution >= 4 is 29.3 Å². The van der Waals surface area contributed by atoms with Crippen LogP contribution in [-0.4, -0.2) is 40.2 Å². The maximum absolute atomic E-state index is 11.7. The van der Waals surface area contributed by atoms with Gasteiger partial charge >= 0.3 is 5.97 Å². The highest BCUT2D eigenvalue weighted by Crippen LogP contribution is 2.29. The number of esters is 1. The molecule has 0 aliphatic rings. The van der Waals surface area contributed by atoms with E-state index >= 15 is 0 Å². The molecule has 0 amide bonds. The second kappa shape index (κ2) is 8.92. The van der Waals surface area contributed by atoms with E-state index in [9.17, 15) is 4.79 Å². The summed E-state index contributed by atoms with van der Waals surface area (Å²) in [6.45, 7) is 2.13. The van der Waals surface area contributed by atoms with Crippen molar-refractivity contribution in [3.63, 3.8) is 0 Å². The second-order valence-corrected chi connectivity index (χ2v) is 6.82. The van der Waals surface area contributed by atoms with Crippen LogP contribution >= 0.6 is 23.4 Å². The van der Waals surface area contributed by atoms with Crippen molar-refractivity contribution in [2.45, 2.75) is 12.1 Å². The molecule has 0 unspecified atom stereocenters. The molecule has 1 heterocycles. The molecule has 6 nitrogen and oxygen atoms in total. The number of aromatic nitrogens is 3. The number of hydrogen-bond acceptors (Lipinski definition) is 6. The molecule has 0 aliphatic heterocycles. The van der Waals surface area contributed by atoms with Crippen molar-refractivity contribution in [2.75, 3.05) is 19.5 Å². The Bertz CT molecular complexity index is 911. The minimum absolute atomic E-state index is 0.156. The number of halogens is 1. The molecule has 0 atom stereocenters. The highest BCUT2D eigenvalue weighted by molar-refractivity contribution is 7.99. The first-order valence-corrected chi connectivity index (χ1v) is 9.63. The molecule has 0 saturated carbocycles. The van der Waals surface area contributed by atoms with Crippen molar-refractivity contribution in [1.29, 1.82) is 0 Å². The zero-order valence-corrected chi connectivity index (χ0v) is 16.5. The molecule has 0 N–H and O–H groups in total. The van der Waals surface area contributed by atoms with Gasteiger partial charge in [-0.15, -0.1) is 10.2 Å². The predicted octanol–water partition coefficient (Wildman–Crippen LogP) is 4.25. The van der Waals surface area contributed by atoms with E-state index in [0.717, 1.165) is 17.0 Å². The summed E-state index contributed by atoms with van der Waals surface area (Å²) in [5.41, 5.74) is 1.72. The molecule has 8 heteroatoms. The molecule has 3 rings (SSSR count). The average Bonchev–Trinajstić information content (AvgIpc) is 3.11. The second-order valence-electron chi connectivity index (χ2n) is 5.44. The van der Waals surface area contributed by atoms with Gasteiger partial charge in [-0.05, 0) is 55.5 Å². The zero-order chi connectivity index (χ0) is 19.2. The first kappa shape index (κ1) is 19.3. The van der Waals surface area contributed by atoms with Crippen LogP contribution in [0.5, 0.6) is 5.75 Å². The van der Waals surface area contributed by atoms with Crippen LogP contribution in [0.3, 0.4) is 0 Å². The molecular weight excluding hydrogens is 386 g/mol. The fourth-order valence-corrected chi connectivity index (χ4v) is 3.32. The van der Waals surface area contributed by atoms with Gasteiger partial charge in [0, 0.05) is 16.3 Å². The van der Waals surface area contributed by atoms with Gasteiger partial charge in [0.05, 0.1) is 19.5 Å². The van der Waals surface area contributed by atoms with Gasteiger partial charge in [0.1, 0.15) is 5.75 Å². The molecule has 0 fully saturated rings. The Kier molecular flexibility index (Phi) is 6.36. The summed E-state index contributed by atoms with van der Waals surface area (Å²) >= 11 is 7.27. The Hall–Kier alpha value is -2.51. The highest BCUT2D eigenvalue weighted by atomic mass is 35.5. The first-order chi connectivity index (χ1) is 13.1. The normalized spacial score (nSPS) is 10.6. The monoisotopic (exact) mass is 403 g/mol. The molecule has 1 aromatic heterocycles. The van der Waals surface area contributed by atoms with E-state index in [1.54, 1.807) is 26.2 Å². The molecule has 27 heavy (non-hydrogen) atoms. The van der Waals surface area contributed by atoms with Crippen LogP contribution in [0, 0.1) is 0 Å². The van der Waals surface area contributed by atoms with Gasteiger partial charge in [0.25, 0.3) is 0 Å². The Labute approximate surface area is 166 Å². The summed E-state index contributed by atoms with van der Waals surface area (Å²) in [6, 6.07) is 14.9. The van der Waals surface area contributed by atoms with E-state index < -0.39 is 0 Å². The molecule has 2 aromatic carbocycles.